The molecule has 3 N–H and O–H groups in total. The van der Waals surface area contributed by atoms with Crippen LogP contribution in [0.3, 0.4) is 0 Å². The summed E-state index contributed by atoms with van der Waals surface area (Å²) in [6, 6.07) is 4.71. The fourth-order valence-electron chi connectivity index (χ4n) is 1.57. The second kappa shape index (κ2) is 9.93. The summed E-state index contributed by atoms with van der Waals surface area (Å²) in [5, 5.41) is 15.4. The van der Waals surface area contributed by atoms with Crippen LogP contribution in [-0.2, 0) is 13.2 Å². The Morgan fingerprint density at radius 2 is 2.05 bits per heavy atom. The molecule has 4 nitrogen and oxygen atoms in total. The van der Waals surface area contributed by atoms with Crippen LogP contribution in [0.25, 0.3) is 0 Å². The number of benzene rings is 1. The first-order valence-electron chi connectivity index (χ1n) is 6.39. The van der Waals surface area contributed by atoms with Gasteiger partial charge in [0.05, 0.1) is 6.61 Å². The average Bonchev–Trinajstić information content (AvgIpc) is 2.40. The van der Waals surface area contributed by atoms with Gasteiger partial charge in [0.1, 0.15) is 5.82 Å². The van der Waals surface area contributed by atoms with Gasteiger partial charge in [-0.3, -0.25) is 4.99 Å². The highest BCUT2D eigenvalue weighted by atomic mass is 127. The lowest BCUT2D eigenvalue weighted by Crippen LogP contribution is -2.38. The number of nitrogens with zero attached hydrogens (tertiary/aromatic N) is 1. The van der Waals surface area contributed by atoms with Crippen molar-refractivity contribution in [1.82, 2.24) is 10.6 Å². The second-order valence-electron chi connectivity index (χ2n) is 4.78. The van der Waals surface area contributed by atoms with E-state index in [1.165, 1.54) is 6.07 Å². The number of aliphatic hydroxyl groups is 1. The summed E-state index contributed by atoms with van der Waals surface area (Å²) in [4.78, 5) is 4.11. The lowest BCUT2D eigenvalue weighted by molar-refractivity contribution is 0.275. The molecule has 1 aromatic rings. The Kier molecular flexibility index (Phi) is 9.49. The van der Waals surface area contributed by atoms with Crippen LogP contribution in [-0.4, -0.2) is 24.7 Å². The van der Waals surface area contributed by atoms with Gasteiger partial charge in [-0.1, -0.05) is 19.9 Å². The van der Waals surface area contributed by atoms with Crippen molar-refractivity contribution in [1.29, 1.82) is 0 Å². The Bertz CT molecular complexity index is 438. The van der Waals surface area contributed by atoms with Crippen LogP contribution in [0, 0.1) is 11.7 Å². The van der Waals surface area contributed by atoms with E-state index in [4.69, 9.17) is 5.11 Å². The highest BCUT2D eigenvalue weighted by molar-refractivity contribution is 14.0. The molecule has 6 heteroatoms. The van der Waals surface area contributed by atoms with Crippen molar-refractivity contribution in [2.75, 3.05) is 13.6 Å². The molecule has 0 fully saturated rings. The maximum atomic E-state index is 13.2. The number of aliphatic imine (C=N–C) groups is 1. The van der Waals surface area contributed by atoms with Gasteiger partial charge in [0, 0.05) is 25.7 Å². The van der Waals surface area contributed by atoms with Crippen LogP contribution in [0.15, 0.2) is 23.2 Å². The molecule has 0 atom stereocenters. The first-order chi connectivity index (χ1) is 9.06. The van der Waals surface area contributed by atoms with E-state index in [2.05, 4.69) is 29.5 Å². The van der Waals surface area contributed by atoms with E-state index in [9.17, 15) is 4.39 Å². The lowest BCUT2D eigenvalue weighted by Gasteiger charge is -2.13. The third-order valence-corrected chi connectivity index (χ3v) is 2.64. The van der Waals surface area contributed by atoms with Crippen LogP contribution in [0.1, 0.15) is 25.0 Å². The Morgan fingerprint density at radius 3 is 2.60 bits per heavy atom. The van der Waals surface area contributed by atoms with E-state index >= 15 is 0 Å². The molecule has 0 aromatic heterocycles. The number of aliphatic hydroxyl groups excluding tert-OH is 1. The third-order valence-electron chi connectivity index (χ3n) is 2.64. The zero-order valence-corrected chi connectivity index (χ0v) is 14.4. The fraction of sp³-hybridized carbons (Fsp3) is 0.500. The number of halogens is 2. The minimum atomic E-state index is -0.381. The zero-order valence-electron chi connectivity index (χ0n) is 12.1. The van der Waals surface area contributed by atoms with Crippen LogP contribution >= 0.6 is 24.0 Å². The molecule has 0 radical (unpaired) electrons. The fourth-order valence-corrected chi connectivity index (χ4v) is 1.57. The van der Waals surface area contributed by atoms with Crippen molar-refractivity contribution >= 4 is 29.9 Å². The molecule has 0 spiro atoms. The van der Waals surface area contributed by atoms with Gasteiger partial charge in [0.2, 0.25) is 0 Å². The van der Waals surface area contributed by atoms with E-state index < -0.39 is 0 Å². The molecular formula is C14H23FIN3O. The molecule has 20 heavy (non-hydrogen) atoms. The Morgan fingerprint density at radius 1 is 1.35 bits per heavy atom. The number of guanidine groups is 1. The van der Waals surface area contributed by atoms with Crippen molar-refractivity contribution in [3.8, 4) is 0 Å². The summed E-state index contributed by atoms with van der Waals surface area (Å²) in [6.45, 7) is 5.32. The number of nitrogens with one attached hydrogen (secondary N) is 2. The molecule has 0 aliphatic heterocycles. The standard InChI is InChI=1S/C14H22FN3O.HI/c1-10(2)7-17-14(16-3)18-8-11-4-5-13(15)12(6-11)9-19;/h4-6,10,19H,7-9H2,1-3H3,(H2,16,17,18);1H. The summed E-state index contributed by atoms with van der Waals surface area (Å²) in [5.41, 5.74) is 1.21. The van der Waals surface area contributed by atoms with Crippen LogP contribution in [0.4, 0.5) is 4.39 Å². The van der Waals surface area contributed by atoms with Gasteiger partial charge in [-0.05, 0) is 23.6 Å². The molecule has 0 bridgehead atoms. The quantitative estimate of drug-likeness (QED) is 0.407. The summed E-state index contributed by atoms with van der Waals surface area (Å²) in [6.07, 6.45) is 0. The van der Waals surface area contributed by atoms with Gasteiger partial charge < -0.3 is 15.7 Å². The van der Waals surface area contributed by atoms with Gasteiger partial charge in [0.15, 0.2) is 5.96 Å². The molecule has 0 saturated heterocycles. The van der Waals surface area contributed by atoms with Crippen LogP contribution in [0.2, 0.25) is 0 Å². The molecule has 0 heterocycles. The summed E-state index contributed by atoms with van der Waals surface area (Å²) in [7, 11) is 1.71. The minimum absolute atomic E-state index is 0. The number of hydrogen-bond donors (Lipinski definition) is 3. The molecule has 0 saturated carbocycles. The van der Waals surface area contributed by atoms with Crippen molar-refractivity contribution in [3.05, 3.63) is 35.1 Å². The SMILES string of the molecule is CN=C(NCc1ccc(F)c(CO)c1)NCC(C)C.I. The first kappa shape index (κ1) is 19.1. The van der Waals surface area contributed by atoms with Crippen molar-refractivity contribution in [2.24, 2.45) is 10.9 Å². The van der Waals surface area contributed by atoms with E-state index in [1.54, 1.807) is 19.2 Å². The second-order valence-corrected chi connectivity index (χ2v) is 4.78. The van der Waals surface area contributed by atoms with Gasteiger partial charge in [-0.2, -0.15) is 0 Å². The van der Waals surface area contributed by atoms with Crippen molar-refractivity contribution in [3.63, 3.8) is 0 Å². The topological polar surface area (TPSA) is 56.7 Å². The normalized spacial score (nSPS) is 11.2. The monoisotopic (exact) mass is 395 g/mol. The van der Waals surface area contributed by atoms with E-state index in [-0.39, 0.29) is 36.4 Å². The predicted molar refractivity (Wildman–Crippen MR) is 90.8 cm³/mol. The van der Waals surface area contributed by atoms with Crippen molar-refractivity contribution < 1.29 is 9.50 Å². The van der Waals surface area contributed by atoms with E-state index in [0.717, 1.165) is 12.1 Å². The number of rotatable bonds is 5. The van der Waals surface area contributed by atoms with Gasteiger partial charge in [0.25, 0.3) is 0 Å². The molecule has 0 unspecified atom stereocenters. The molecule has 1 aromatic carbocycles. The first-order valence-corrected chi connectivity index (χ1v) is 6.39. The summed E-state index contributed by atoms with van der Waals surface area (Å²) < 4.78 is 13.2. The molecule has 0 aliphatic rings. The Hall–Kier alpha value is -0.890. The van der Waals surface area contributed by atoms with Gasteiger partial charge in [-0.25, -0.2) is 4.39 Å². The smallest absolute Gasteiger partial charge is 0.191 e. The summed E-state index contributed by atoms with van der Waals surface area (Å²) >= 11 is 0. The Balaban J connectivity index is 0.00000361. The summed E-state index contributed by atoms with van der Waals surface area (Å²) in [5.74, 6) is 0.863. The maximum Gasteiger partial charge on any atom is 0.191 e. The molecule has 0 amide bonds. The van der Waals surface area contributed by atoms with Gasteiger partial charge in [-0.15, -0.1) is 24.0 Å². The Labute approximate surface area is 136 Å². The molecule has 1 rings (SSSR count). The predicted octanol–water partition coefficient (Wildman–Crippen LogP) is 2.26. The minimum Gasteiger partial charge on any atom is -0.392 e. The maximum absolute atomic E-state index is 13.2. The van der Waals surface area contributed by atoms with Gasteiger partial charge >= 0.3 is 0 Å². The van der Waals surface area contributed by atoms with E-state index in [0.29, 0.717) is 24.0 Å². The third kappa shape index (κ3) is 6.51. The number of hydrogen-bond acceptors (Lipinski definition) is 2. The van der Waals surface area contributed by atoms with E-state index in [1.807, 2.05) is 0 Å². The highest BCUT2D eigenvalue weighted by Crippen LogP contribution is 2.10. The molecule has 114 valence electrons. The van der Waals surface area contributed by atoms with Crippen LogP contribution < -0.4 is 10.6 Å². The molecule has 0 aliphatic carbocycles. The largest absolute Gasteiger partial charge is 0.392 e. The zero-order chi connectivity index (χ0) is 14.3. The molecular weight excluding hydrogens is 372 g/mol. The average molecular weight is 395 g/mol. The lowest BCUT2D eigenvalue weighted by atomic mass is 10.1. The van der Waals surface area contributed by atoms with Crippen LogP contribution in [0.5, 0.6) is 0 Å². The van der Waals surface area contributed by atoms with Crippen molar-refractivity contribution in [2.45, 2.75) is 27.0 Å². The highest BCUT2D eigenvalue weighted by Gasteiger charge is 2.04.